The van der Waals surface area contributed by atoms with Gasteiger partial charge in [0.15, 0.2) is 5.82 Å². The van der Waals surface area contributed by atoms with Crippen LogP contribution in [0.15, 0.2) is 15.1 Å². The van der Waals surface area contributed by atoms with Gasteiger partial charge in [0.1, 0.15) is 0 Å². The van der Waals surface area contributed by atoms with Gasteiger partial charge in [0.05, 0.1) is 14.6 Å². The first-order chi connectivity index (χ1) is 9.23. The van der Waals surface area contributed by atoms with E-state index in [-0.39, 0.29) is 14.6 Å². The van der Waals surface area contributed by atoms with Gasteiger partial charge in [-0.25, -0.2) is 4.98 Å². The fourth-order valence-corrected chi connectivity index (χ4v) is 1.71. The molecule has 0 atom stereocenters. The molecule has 0 aromatic carbocycles. The molecule has 0 saturated heterocycles. The summed E-state index contributed by atoms with van der Waals surface area (Å²) >= 11 is 5.94. The van der Waals surface area contributed by atoms with Crippen molar-refractivity contribution in [2.45, 2.75) is 12.9 Å². The largest absolute Gasteiger partial charge is 0.317 e. The Kier molecular flexibility index (Phi) is 5.87. The van der Waals surface area contributed by atoms with E-state index in [9.17, 15) is 27.2 Å². The van der Waals surface area contributed by atoms with Crippen LogP contribution in [0.1, 0.15) is 0 Å². The van der Waals surface area contributed by atoms with Crippen LogP contribution in [0.5, 0.6) is 0 Å². The van der Waals surface area contributed by atoms with Crippen LogP contribution in [-0.2, 0) is 9.59 Å². The molecule has 0 aliphatic carbocycles. The van der Waals surface area contributed by atoms with Crippen molar-refractivity contribution < 1.29 is 27.2 Å². The van der Waals surface area contributed by atoms with Crippen molar-refractivity contribution in [3.63, 3.8) is 0 Å². The second-order valence-electron chi connectivity index (χ2n) is 3.22. The Balaban J connectivity index is 3.14. The van der Waals surface area contributed by atoms with Gasteiger partial charge in [0, 0.05) is 6.20 Å². The Hall–Kier alpha value is -1.23. The molecule has 1 aromatic heterocycles. The van der Waals surface area contributed by atoms with E-state index in [0.717, 1.165) is 6.20 Å². The molecule has 0 aliphatic heterocycles. The lowest BCUT2D eigenvalue weighted by Crippen LogP contribution is -2.25. The van der Waals surface area contributed by atoms with Crippen molar-refractivity contribution in [1.29, 1.82) is 0 Å². The molecule has 0 bridgehead atoms. The number of carbonyl (C=O) groups excluding carboxylic acids is 2. The van der Waals surface area contributed by atoms with Gasteiger partial charge >= 0.3 is 12.9 Å². The van der Waals surface area contributed by atoms with Crippen molar-refractivity contribution in [2.75, 3.05) is 10.6 Å². The Morgan fingerprint density at radius 2 is 1.55 bits per heavy atom. The highest BCUT2D eigenvalue weighted by Gasteiger charge is 2.23. The van der Waals surface area contributed by atoms with E-state index in [1.165, 1.54) is 0 Å². The van der Waals surface area contributed by atoms with Crippen LogP contribution < -0.4 is 10.6 Å². The average molecular weight is 423 g/mol. The second-order valence-corrected chi connectivity index (χ2v) is 4.87. The molecule has 0 unspecified atom stereocenters. The van der Waals surface area contributed by atoms with Gasteiger partial charge < -0.3 is 10.6 Å². The molecule has 1 rings (SSSR count). The molecule has 1 aromatic rings. The molecule has 20 heavy (non-hydrogen) atoms. The number of hydrogen-bond acceptors (Lipinski definition) is 3. The van der Waals surface area contributed by atoms with Crippen LogP contribution in [0.2, 0.25) is 0 Å². The first-order valence-corrected chi connectivity index (χ1v) is 6.34. The normalized spacial score (nSPS) is 10.8. The van der Waals surface area contributed by atoms with E-state index in [1.807, 2.05) is 0 Å². The maximum absolute atomic E-state index is 12.2. The van der Waals surface area contributed by atoms with E-state index in [2.05, 4.69) is 36.8 Å². The highest BCUT2D eigenvalue weighted by atomic mass is 79.9. The minimum absolute atomic E-state index is 0.0612. The molecule has 0 spiro atoms. The zero-order valence-corrected chi connectivity index (χ0v) is 12.4. The number of rotatable bonds is 4. The van der Waals surface area contributed by atoms with Gasteiger partial charge in [-0.15, -0.1) is 0 Å². The maximum atomic E-state index is 12.2. The van der Waals surface area contributed by atoms with Crippen LogP contribution in [0.25, 0.3) is 0 Å². The molecule has 5 nitrogen and oxygen atoms in total. The summed E-state index contributed by atoms with van der Waals surface area (Å²) in [4.78, 5) is 25.4. The number of hydrogen-bond donors (Lipinski definition) is 2. The van der Waals surface area contributed by atoms with Gasteiger partial charge in [-0.2, -0.15) is 17.6 Å². The molecule has 0 radical (unpaired) electrons. The lowest BCUT2D eigenvalue weighted by atomic mass is 10.3. The lowest BCUT2D eigenvalue weighted by Gasteiger charge is -2.13. The predicted octanol–water partition coefficient (Wildman–Crippen LogP) is 3.01. The highest BCUT2D eigenvalue weighted by molar-refractivity contribution is 9.13. The second kappa shape index (κ2) is 6.97. The van der Waals surface area contributed by atoms with Crippen LogP contribution in [0, 0.1) is 0 Å². The van der Waals surface area contributed by atoms with Crippen molar-refractivity contribution in [2.24, 2.45) is 0 Å². The third-order valence-corrected chi connectivity index (χ3v) is 3.82. The van der Waals surface area contributed by atoms with Crippen molar-refractivity contribution >= 4 is 55.2 Å². The van der Waals surface area contributed by atoms with Crippen LogP contribution in [0.4, 0.5) is 29.1 Å². The first kappa shape index (κ1) is 16.8. The van der Waals surface area contributed by atoms with E-state index >= 15 is 0 Å². The molecule has 1 heterocycles. The summed E-state index contributed by atoms with van der Waals surface area (Å²) in [5, 5.41) is 3.49. The number of nitrogens with one attached hydrogen (secondary N) is 2. The van der Waals surface area contributed by atoms with E-state index in [0.29, 0.717) is 0 Å². The number of aromatic nitrogens is 1. The number of halogens is 6. The highest BCUT2D eigenvalue weighted by Crippen LogP contribution is 2.35. The van der Waals surface area contributed by atoms with E-state index in [1.54, 1.807) is 10.6 Å². The first-order valence-electron chi connectivity index (χ1n) is 4.76. The number of carbonyl (C=O) groups is 2. The quantitative estimate of drug-likeness (QED) is 0.732. The summed E-state index contributed by atoms with van der Waals surface area (Å²) in [6, 6.07) is 0. The molecular weight excluding hydrogens is 418 g/mol. The molecular formula is C9H5Br2F4N3O2. The Morgan fingerprint density at radius 3 is 2.05 bits per heavy atom. The van der Waals surface area contributed by atoms with E-state index in [4.69, 9.17) is 0 Å². The molecule has 2 N–H and O–H groups in total. The van der Waals surface area contributed by atoms with Crippen LogP contribution in [0.3, 0.4) is 0 Å². The summed E-state index contributed by atoms with van der Waals surface area (Å²) in [6.07, 6.45) is -5.51. The van der Waals surface area contributed by atoms with Crippen molar-refractivity contribution in [3.8, 4) is 0 Å². The molecule has 11 heteroatoms. The van der Waals surface area contributed by atoms with Gasteiger partial charge in [-0.05, 0) is 31.9 Å². The molecule has 2 amide bonds. The number of pyridine rings is 1. The summed E-state index contributed by atoms with van der Waals surface area (Å²) < 4.78 is 49.0. The lowest BCUT2D eigenvalue weighted by molar-refractivity contribution is -0.127. The monoisotopic (exact) mass is 421 g/mol. The summed E-state index contributed by atoms with van der Waals surface area (Å²) in [5.41, 5.74) is -0.362. The number of anilines is 2. The topological polar surface area (TPSA) is 71.1 Å². The standard InChI is InChI=1S/C9H5Br2F4N3O2/c10-2-1-16-7(18-9(20)6(14)15)4(3(2)11)17-8(19)5(12)13/h1,5-6H,(H,17,19)(H,16,18,20). The fourth-order valence-electron chi connectivity index (χ4n) is 1.02. The number of alkyl halides is 4. The molecule has 0 aliphatic rings. The van der Waals surface area contributed by atoms with Crippen molar-refractivity contribution in [3.05, 3.63) is 15.1 Å². The predicted molar refractivity (Wildman–Crippen MR) is 68.9 cm³/mol. The SMILES string of the molecule is O=C(Nc1ncc(Br)c(Br)c1NC(=O)C(F)F)C(F)F. The smallest absolute Gasteiger partial charge is 0.315 e. The number of amides is 2. The summed E-state index contributed by atoms with van der Waals surface area (Å²) in [7, 11) is 0. The summed E-state index contributed by atoms with van der Waals surface area (Å²) in [6.45, 7) is 0. The summed E-state index contributed by atoms with van der Waals surface area (Å²) in [5.74, 6) is -3.84. The van der Waals surface area contributed by atoms with Gasteiger partial charge in [0.2, 0.25) is 0 Å². The minimum atomic E-state index is -3.32. The van der Waals surface area contributed by atoms with Crippen LogP contribution in [-0.4, -0.2) is 29.6 Å². The average Bonchev–Trinajstić information content (AvgIpc) is 2.37. The fraction of sp³-hybridized carbons (Fsp3) is 0.222. The third kappa shape index (κ3) is 4.13. The Morgan fingerprint density at radius 1 is 1.05 bits per heavy atom. The maximum Gasteiger partial charge on any atom is 0.315 e. The third-order valence-electron chi connectivity index (χ3n) is 1.86. The van der Waals surface area contributed by atoms with Crippen LogP contribution >= 0.6 is 31.9 Å². The zero-order chi connectivity index (χ0) is 15.4. The molecule has 0 saturated carbocycles. The Labute approximate surface area is 126 Å². The Bertz CT molecular complexity index is 542. The number of nitrogens with zero attached hydrogens (tertiary/aromatic N) is 1. The molecule has 110 valence electrons. The van der Waals surface area contributed by atoms with Gasteiger partial charge in [-0.1, -0.05) is 0 Å². The zero-order valence-electron chi connectivity index (χ0n) is 9.26. The minimum Gasteiger partial charge on any atom is -0.317 e. The van der Waals surface area contributed by atoms with Gasteiger partial charge in [0.25, 0.3) is 11.8 Å². The molecule has 0 fully saturated rings. The van der Waals surface area contributed by atoms with Crippen molar-refractivity contribution in [1.82, 2.24) is 4.98 Å². The van der Waals surface area contributed by atoms with E-state index < -0.39 is 30.5 Å². The van der Waals surface area contributed by atoms with Gasteiger partial charge in [-0.3, -0.25) is 9.59 Å².